The van der Waals surface area contributed by atoms with E-state index in [2.05, 4.69) is 51.5 Å². The van der Waals surface area contributed by atoms with E-state index in [1.165, 1.54) is 21.3 Å². The minimum absolute atomic E-state index is 0.0926. The lowest BCUT2D eigenvalue weighted by molar-refractivity contribution is 0.409. The average Bonchev–Trinajstić information content (AvgIpc) is 2.41. The molecule has 0 saturated heterocycles. The Kier molecular flexibility index (Phi) is 4.84. The molecule has 0 amide bonds. The molecule has 19 heavy (non-hydrogen) atoms. The SMILES string of the molecule is COc1ccc(F)cc1C(Br)c1cccc(C)c1I. The van der Waals surface area contributed by atoms with Gasteiger partial charge in [0.05, 0.1) is 11.9 Å². The first kappa shape index (κ1) is 14.8. The smallest absolute Gasteiger partial charge is 0.123 e. The van der Waals surface area contributed by atoms with Crippen LogP contribution >= 0.6 is 38.5 Å². The van der Waals surface area contributed by atoms with Crippen molar-refractivity contribution < 1.29 is 9.13 Å². The van der Waals surface area contributed by atoms with Crippen molar-refractivity contribution in [1.82, 2.24) is 0 Å². The van der Waals surface area contributed by atoms with Crippen LogP contribution in [0.5, 0.6) is 5.75 Å². The number of halogens is 3. The molecule has 0 aromatic heterocycles. The second kappa shape index (κ2) is 6.22. The molecule has 0 radical (unpaired) electrons. The minimum atomic E-state index is -0.261. The third kappa shape index (κ3) is 3.11. The molecule has 1 nitrogen and oxygen atoms in total. The normalized spacial score (nSPS) is 12.3. The predicted octanol–water partition coefficient (Wildman–Crippen LogP) is 5.23. The fraction of sp³-hybridized carbons (Fsp3) is 0.200. The van der Waals surface area contributed by atoms with Crippen LogP contribution in [0.15, 0.2) is 36.4 Å². The van der Waals surface area contributed by atoms with Crippen LogP contribution in [-0.2, 0) is 0 Å². The van der Waals surface area contributed by atoms with Gasteiger partial charge in [-0.05, 0) is 58.8 Å². The van der Waals surface area contributed by atoms with E-state index in [0.717, 1.165) is 11.1 Å². The summed E-state index contributed by atoms with van der Waals surface area (Å²) in [4.78, 5) is -0.0926. The molecule has 0 bridgehead atoms. The predicted molar refractivity (Wildman–Crippen MR) is 87.6 cm³/mol. The Morgan fingerprint density at radius 2 is 1.95 bits per heavy atom. The van der Waals surface area contributed by atoms with Crippen molar-refractivity contribution in [2.45, 2.75) is 11.8 Å². The first-order valence-electron chi connectivity index (χ1n) is 5.77. The highest BCUT2D eigenvalue weighted by molar-refractivity contribution is 14.1. The first-order valence-corrected chi connectivity index (χ1v) is 7.76. The van der Waals surface area contributed by atoms with E-state index < -0.39 is 0 Å². The number of rotatable bonds is 3. The molecule has 1 unspecified atom stereocenters. The van der Waals surface area contributed by atoms with Gasteiger partial charge in [-0.1, -0.05) is 34.1 Å². The third-order valence-corrected chi connectivity index (χ3v) is 5.42. The minimum Gasteiger partial charge on any atom is -0.496 e. The van der Waals surface area contributed by atoms with E-state index >= 15 is 0 Å². The van der Waals surface area contributed by atoms with E-state index in [9.17, 15) is 4.39 Å². The van der Waals surface area contributed by atoms with Gasteiger partial charge in [-0.25, -0.2) is 4.39 Å². The van der Waals surface area contributed by atoms with Gasteiger partial charge in [0, 0.05) is 9.13 Å². The van der Waals surface area contributed by atoms with Gasteiger partial charge in [0.25, 0.3) is 0 Å². The number of methoxy groups -OCH3 is 1. The fourth-order valence-corrected chi connectivity index (χ4v) is 3.77. The zero-order chi connectivity index (χ0) is 14.0. The number of alkyl halides is 1. The standard InChI is InChI=1S/C15H13BrFIO/c1-9-4-3-5-11(15(9)18)14(16)12-8-10(17)6-7-13(12)19-2/h3-8,14H,1-2H3. The van der Waals surface area contributed by atoms with Crippen molar-refractivity contribution in [3.05, 3.63) is 62.5 Å². The molecule has 2 rings (SSSR count). The van der Waals surface area contributed by atoms with Crippen LogP contribution in [0, 0.1) is 16.3 Å². The second-order valence-electron chi connectivity index (χ2n) is 4.23. The summed E-state index contributed by atoms with van der Waals surface area (Å²) in [5.41, 5.74) is 3.12. The Bertz CT molecular complexity index is 601. The lowest BCUT2D eigenvalue weighted by Crippen LogP contribution is -2.01. The molecule has 0 aliphatic rings. The largest absolute Gasteiger partial charge is 0.496 e. The Hall–Kier alpha value is -0.620. The van der Waals surface area contributed by atoms with E-state index in [1.54, 1.807) is 13.2 Å². The highest BCUT2D eigenvalue weighted by atomic mass is 127. The Morgan fingerprint density at radius 1 is 1.21 bits per heavy atom. The zero-order valence-corrected chi connectivity index (χ0v) is 14.3. The molecule has 0 fully saturated rings. The van der Waals surface area contributed by atoms with Crippen molar-refractivity contribution in [2.24, 2.45) is 0 Å². The van der Waals surface area contributed by atoms with Gasteiger partial charge in [-0.15, -0.1) is 0 Å². The molecule has 4 heteroatoms. The number of ether oxygens (including phenoxy) is 1. The highest BCUT2D eigenvalue weighted by Crippen LogP contribution is 2.39. The van der Waals surface area contributed by atoms with E-state index in [-0.39, 0.29) is 10.6 Å². The Balaban J connectivity index is 2.52. The lowest BCUT2D eigenvalue weighted by Gasteiger charge is -2.17. The summed E-state index contributed by atoms with van der Waals surface area (Å²) in [6.45, 7) is 2.06. The van der Waals surface area contributed by atoms with Crippen molar-refractivity contribution in [2.75, 3.05) is 7.11 Å². The van der Waals surface area contributed by atoms with Gasteiger partial charge < -0.3 is 4.74 Å². The van der Waals surface area contributed by atoms with Gasteiger partial charge in [0.2, 0.25) is 0 Å². The summed E-state index contributed by atoms with van der Waals surface area (Å²) in [5, 5.41) is 0. The molecule has 0 N–H and O–H groups in total. The van der Waals surface area contributed by atoms with Crippen LogP contribution in [0.2, 0.25) is 0 Å². The van der Waals surface area contributed by atoms with Crippen molar-refractivity contribution >= 4 is 38.5 Å². The Morgan fingerprint density at radius 3 is 2.63 bits per heavy atom. The number of aryl methyl sites for hydroxylation is 1. The van der Waals surface area contributed by atoms with Gasteiger partial charge in [0.1, 0.15) is 11.6 Å². The van der Waals surface area contributed by atoms with E-state index in [0.29, 0.717) is 5.75 Å². The summed E-state index contributed by atoms with van der Waals surface area (Å²) in [6.07, 6.45) is 0. The summed E-state index contributed by atoms with van der Waals surface area (Å²) < 4.78 is 19.9. The molecule has 0 aliphatic carbocycles. The molecule has 0 spiro atoms. The molecule has 0 saturated carbocycles. The van der Waals surface area contributed by atoms with Crippen molar-refractivity contribution in [3.63, 3.8) is 0 Å². The molecule has 100 valence electrons. The van der Waals surface area contributed by atoms with Crippen molar-refractivity contribution in [1.29, 1.82) is 0 Å². The summed E-state index contributed by atoms with van der Waals surface area (Å²) >= 11 is 5.97. The van der Waals surface area contributed by atoms with Crippen LogP contribution in [0.4, 0.5) is 4.39 Å². The maximum atomic E-state index is 13.5. The van der Waals surface area contributed by atoms with Gasteiger partial charge in [0.15, 0.2) is 0 Å². The van der Waals surface area contributed by atoms with Crippen LogP contribution in [0.25, 0.3) is 0 Å². The van der Waals surface area contributed by atoms with Gasteiger partial charge in [-0.3, -0.25) is 0 Å². The maximum absolute atomic E-state index is 13.5. The average molecular weight is 435 g/mol. The summed E-state index contributed by atoms with van der Waals surface area (Å²) in [7, 11) is 1.59. The van der Waals surface area contributed by atoms with Crippen LogP contribution in [-0.4, -0.2) is 7.11 Å². The molecule has 1 atom stereocenters. The topological polar surface area (TPSA) is 9.23 Å². The van der Waals surface area contributed by atoms with E-state index in [4.69, 9.17) is 4.74 Å². The fourth-order valence-electron chi connectivity index (χ4n) is 1.94. The van der Waals surface area contributed by atoms with Gasteiger partial charge >= 0.3 is 0 Å². The first-order chi connectivity index (χ1) is 9.04. The van der Waals surface area contributed by atoms with Crippen molar-refractivity contribution in [3.8, 4) is 5.75 Å². The third-order valence-electron chi connectivity index (χ3n) is 2.96. The number of benzene rings is 2. The maximum Gasteiger partial charge on any atom is 0.123 e. The number of hydrogen-bond donors (Lipinski definition) is 0. The molecular formula is C15H13BrFIO. The quantitative estimate of drug-likeness (QED) is 0.474. The van der Waals surface area contributed by atoms with Crippen LogP contribution in [0.3, 0.4) is 0 Å². The van der Waals surface area contributed by atoms with Crippen LogP contribution in [0.1, 0.15) is 21.5 Å². The molecular weight excluding hydrogens is 422 g/mol. The lowest BCUT2D eigenvalue weighted by atomic mass is 10.0. The molecule has 0 heterocycles. The second-order valence-corrected chi connectivity index (χ2v) is 6.22. The number of hydrogen-bond acceptors (Lipinski definition) is 1. The van der Waals surface area contributed by atoms with E-state index in [1.807, 2.05) is 12.1 Å². The zero-order valence-electron chi connectivity index (χ0n) is 10.6. The molecule has 2 aromatic carbocycles. The summed E-state index contributed by atoms with van der Waals surface area (Å²) in [6, 6.07) is 10.7. The molecule has 0 aliphatic heterocycles. The van der Waals surface area contributed by atoms with Gasteiger partial charge in [-0.2, -0.15) is 0 Å². The Labute approximate surface area is 134 Å². The summed E-state index contributed by atoms with van der Waals surface area (Å²) in [5.74, 6) is 0.420. The van der Waals surface area contributed by atoms with Crippen LogP contribution < -0.4 is 4.74 Å². The molecule has 2 aromatic rings. The highest BCUT2D eigenvalue weighted by Gasteiger charge is 2.19. The monoisotopic (exact) mass is 434 g/mol.